The van der Waals surface area contributed by atoms with Gasteiger partial charge in [0.2, 0.25) is 0 Å². The number of likely N-dealkylation sites (tertiary alicyclic amines) is 1. The van der Waals surface area contributed by atoms with Crippen LogP contribution in [0.15, 0.2) is 54.6 Å². The number of morpholine rings is 1. The first-order valence-corrected chi connectivity index (χ1v) is 10.1. The van der Waals surface area contributed by atoms with E-state index in [2.05, 4.69) is 35.2 Å². The van der Waals surface area contributed by atoms with Gasteiger partial charge in [0, 0.05) is 31.7 Å². The minimum atomic E-state index is -0.228. The fourth-order valence-electron chi connectivity index (χ4n) is 4.26. The summed E-state index contributed by atoms with van der Waals surface area (Å²) < 4.78 is 6.19. The highest BCUT2D eigenvalue weighted by molar-refractivity contribution is 5.94. The molecule has 0 atom stereocenters. The van der Waals surface area contributed by atoms with Crippen LogP contribution in [0.3, 0.4) is 0 Å². The average molecular weight is 380 g/mol. The number of ether oxygens (including phenoxy) is 1. The van der Waals surface area contributed by atoms with E-state index < -0.39 is 0 Å². The number of benzene rings is 2. The highest BCUT2D eigenvalue weighted by Crippen LogP contribution is 2.31. The van der Waals surface area contributed by atoms with E-state index in [9.17, 15) is 9.90 Å². The lowest BCUT2D eigenvalue weighted by atomic mass is 9.89. The summed E-state index contributed by atoms with van der Waals surface area (Å²) in [6.45, 7) is 4.88. The number of hydrogen-bond donors (Lipinski definition) is 1. The molecule has 2 aromatic carbocycles. The average Bonchev–Trinajstić information content (AvgIpc) is 2.74. The third-order valence-corrected chi connectivity index (χ3v) is 5.96. The molecule has 0 unspecified atom stereocenters. The zero-order chi connectivity index (χ0) is 19.4. The predicted molar refractivity (Wildman–Crippen MR) is 109 cm³/mol. The van der Waals surface area contributed by atoms with Crippen LogP contribution in [-0.2, 0) is 11.2 Å². The SMILES string of the molecule is O=C(c1cccc(O)c1)N1CCOC2(CCN(CCc3ccccc3)CC2)C1. The monoisotopic (exact) mass is 380 g/mol. The topological polar surface area (TPSA) is 53.0 Å². The van der Waals surface area contributed by atoms with Crippen LogP contribution in [0.1, 0.15) is 28.8 Å². The van der Waals surface area contributed by atoms with Crippen LogP contribution in [0.25, 0.3) is 0 Å². The Morgan fingerprint density at radius 3 is 2.57 bits per heavy atom. The highest BCUT2D eigenvalue weighted by Gasteiger charge is 2.41. The summed E-state index contributed by atoms with van der Waals surface area (Å²) in [4.78, 5) is 17.2. The smallest absolute Gasteiger partial charge is 0.254 e. The van der Waals surface area contributed by atoms with Crippen LogP contribution in [0.5, 0.6) is 5.75 Å². The second-order valence-electron chi connectivity index (χ2n) is 7.89. The summed E-state index contributed by atoms with van der Waals surface area (Å²) >= 11 is 0. The van der Waals surface area contributed by atoms with Crippen LogP contribution >= 0.6 is 0 Å². The lowest BCUT2D eigenvalue weighted by molar-refractivity contribution is -0.127. The molecule has 2 heterocycles. The third kappa shape index (κ3) is 4.37. The van der Waals surface area contributed by atoms with Crippen molar-refractivity contribution in [2.75, 3.05) is 39.3 Å². The van der Waals surface area contributed by atoms with Gasteiger partial charge >= 0.3 is 0 Å². The van der Waals surface area contributed by atoms with E-state index in [-0.39, 0.29) is 17.3 Å². The van der Waals surface area contributed by atoms with E-state index in [0.29, 0.717) is 25.3 Å². The number of carbonyl (C=O) groups excluding carboxylic acids is 1. The van der Waals surface area contributed by atoms with Gasteiger partial charge in [0.15, 0.2) is 0 Å². The third-order valence-electron chi connectivity index (χ3n) is 5.96. The van der Waals surface area contributed by atoms with Gasteiger partial charge in [-0.1, -0.05) is 36.4 Å². The molecular formula is C23H28N2O3. The standard InChI is InChI=1S/C23H28N2O3/c26-21-8-4-7-20(17-21)22(27)25-15-16-28-23(18-25)10-13-24(14-11-23)12-9-19-5-2-1-3-6-19/h1-8,17,26H,9-16,18H2. The maximum Gasteiger partial charge on any atom is 0.254 e. The molecule has 5 nitrogen and oxygen atoms in total. The second-order valence-corrected chi connectivity index (χ2v) is 7.89. The Kier molecular flexibility index (Phi) is 5.64. The molecule has 1 amide bonds. The van der Waals surface area contributed by atoms with Gasteiger partial charge in [0.05, 0.1) is 18.8 Å². The molecule has 148 valence electrons. The summed E-state index contributed by atoms with van der Waals surface area (Å²) in [5, 5.41) is 9.66. The second kappa shape index (κ2) is 8.33. The largest absolute Gasteiger partial charge is 0.508 e. The van der Waals surface area contributed by atoms with Crippen molar-refractivity contribution in [2.45, 2.75) is 24.9 Å². The van der Waals surface area contributed by atoms with Gasteiger partial charge in [-0.15, -0.1) is 0 Å². The summed E-state index contributed by atoms with van der Waals surface area (Å²) in [5.41, 5.74) is 1.69. The summed E-state index contributed by atoms with van der Waals surface area (Å²) in [6.07, 6.45) is 2.97. The molecule has 1 N–H and O–H groups in total. The Bertz CT molecular complexity index is 801. The molecule has 4 rings (SSSR count). The molecule has 2 aliphatic rings. The number of phenols is 1. The fourth-order valence-corrected chi connectivity index (χ4v) is 4.26. The molecule has 2 aliphatic heterocycles. The number of rotatable bonds is 4. The Morgan fingerprint density at radius 2 is 1.82 bits per heavy atom. The minimum absolute atomic E-state index is 0.0231. The van der Waals surface area contributed by atoms with Gasteiger partial charge < -0.3 is 19.6 Å². The van der Waals surface area contributed by atoms with Crippen LogP contribution in [-0.4, -0.2) is 65.7 Å². The van der Waals surface area contributed by atoms with E-state index in [1.54, 1.807) is 18.2 Å². The molecule has 0 radical (unpaired) electrons. The Labute approximate surface area is 166 Å². The van der Waals surface area contributed by atoms with Gasteiger partial charge in [-0.2, -0.15) is 0 Å². The quantitative estimate of drug-likeness (QED) is 0.886. The van der Waals surface area contributed by atoms with Crippen LogP contribution in [0, 0.1) is 0 Å². The van der Waals surface area contributed by atoms with Crippen LogP contribution in [0.2, 0.25) is 0 Å². The summed E-state index contributed by atoms with van der Waals surface area (Å²) in [5.74, 6) is 0.102. The van der Waals surface area contributed by atoms with E-state index >= 15 is 0 Å². The number of hydrogen-bond acceptors (Lipinski definition) is 4. The predicted octanol–water partition coefficient (Wildman–Crippen LogP) is 2.94. The molecule has 0 aliphatic carbocycles. The normalized spacial score (nSPS) is 19.6. The van der Waals surface area contributed by atoms with Gasteiger partial charge in [-0.05, 0) is 43.0 Å². The fraction of sp³-hybridized carbons (Fsp3) is 0.435. The molecular weight excluding hydrogens is 352 g/mol. The first-order chi connectivity index (χ1) is 13.6. The van der Waals surface area contributed by atoms with E-state index in [0.717, 1.165) is 38.9 Å². The number of carbonyl (C=O) groups is 1. The van der Waals surface area contributed by atoms with Crippen molar-refractivity contribution in [1.82, 2.24) is 9.80 Å². The van der Waals surface area contributed by atoms with Crippen molar-refractivity contribution in [3.05, 3.63) is 65.7 Å². The summed E-state index contributed by atoms with van der Waals surface area (Å²) in [6, 6.07) is 17.2. The van der Waals surface area contributed by atoms with Crippen molar-refractivity contribution >= 4 is 5.91 Å². The number of phenolic OH excluding ortho intramolecular Hbond substituents is 1. The first-order valence-electron chi connectivity index (χ1n) is 10.1. The molecule has 0 aromatic heterocycles. The van der Waals surface area contributed by atoms with Crippen molar-refractivity contribution in [2.24, 2.45) is 0 Å². The van der Waals surface area contributed by atoms with Crippen molar-refractivity contribution in [1.29, 1.82) is 0 Å². The van der Waals surface area contributed by atoms with E-state index in [4.69, 9.17) is 4.74 Å². The Hall–Kier alpha value is -2.37. The van der Waals surface area contributed by atoms with Gasteiger partial charge in [0.1, 0.15) is 5.75 Å². The molecule has 0 saturated carbocycles. The molecule has 1 spiro atoms. The Morgan fingerprint density at radius 1 is 1.04 bits per heavy atom. The van der Waals surface area contributed by atoms with Crippen molar-refractivity contribution in [3.63, 3.8) is 0 Å². The molecule has 0 bridgehead atoms. The maximum absolute atomic E-state index is 12.9. The van der Waals surface area contributed by atoms with Crippen molar-refractivity contribution in [3.8, 4) is 5.75 Å². The zero-order valence-electron chi connectivity index (χ0n) is 16.2. The first kappa shape index (κ1) is 19.0. The van der Waals surface area contributed by atoms with Gasteiger partial charge in [-0.3, -0.25) is 4.79 Å². The lowest BCUT2D eigenvalue weighted by Crippen LogP contribution is -2.58. The maximum atomic E-state index is 12.9. The Balaban J connectivity index is 1.32. The van der Waals surface area contributed by atoms with E-state index in [1.807, 2.05) is 4.90 Å². The number of aromatic hydroxyl groups is 1. The lowest BCUT2D eigenvalue weighted by Gasteiger charge is -2.47. The molecule has 28 heavy (non-hydrogen) atoms. The molecule has 2 fully saturated rings. The zero-order valence-corrected chi connectivity index (χ0v) is 16.2. The van der Waals surface area contributed by atoms with Gasteiger partial charge in [-0.25, -0.2) is 0 Å². The number of amides is 1. The number of piperidine rings is 1. The van der Waals surface area contributed by atoms with Gasteiger partial charge in [0.25, 0.3) is 5.91 Å². The van der Waals surface area contributed by atoms with Crippen molar-refractivity contribution < 1.29 is 14.6 Å². The molecule has 5 heteroatoms. The van der Waals surface area contributed by atoms with Crippen LogP contribution < -0.4 is 0 Å². The summed E-state index contributed by atoms with van der Waals surface area (Å²) in [7, 11) is 0. The van der Waals surface area contributed by atoms with E-state index in [1.165, 1.54) is 11.6 Å². The minimum Gasteiger partial charge on any atom is -0.508 e. The number of nitrogens with zero attached hydrogens (tertiary/aromatic N) is 2. The molecule has 2 aromatic rings. The molecule has 2 saturated heterocycles. The highest BCUT2D eigenvalue weighted by atomic mass is 16.5. The van der Waals surface area contributed by atoms with Crippen LogP contribution in [0.4, 0.5) is 0 Å².